The van der Waals surface area contributed by atoms with Crippen molar-refractivity contribution >= 4 is 34.7 Å². The van der Waals surface area contributed by atoms with Crippen LogP contribution in [-0.4, -0.2) is 20.2 Å². The van der Waals surface area contributed by atoms with Crippen LogP contribution in [0.3, 0.4) is 0 Å². The molecule has 3 aromatic heterocycles. The van der Waals surface area contributed by atoms with Crippen LogP contribution in [0.4, 0.5) is 11.6 Å². The fourth-order valence-corrected chi connectivity index (χ4v) is 3.09. The number of nitrogen functional groups attached to an aromatic ring is 2. The van der Waals surface area contributed by atoms with Gasteiger partial charge in [0.1, 0.15) is 11.6 Å². The summed E-state index contributed by atoms with van der Waals surface area (Å²) in [6.07, 6.45) is 0. The Labute approximate surface area is 128 Å². The van der Waals surface area contributed by atoms with Gasteiger partial charge in [0.05, 0.1) is 10.1 Å². The second-order valence-electron chi connectivity index (χ2n) is 4.18. The first-order chi connectivity index (χ1) is 10.1. The number of aromatic nitrogens is 4. The molecule has 0 amide bonds. The van der Waals surface area contributed by atoms with Crippen molar-refractivity contribution < 1.29 is 4.42 Å². The molecule has 9 heteroatoms. The first-order valence-electron chi connectivity index (χ1n) is 6.06. The minimum atomic E-state index is -0.104. The maximum absolute atomic E-state index is 5.67. The van der Waals surface area contributed by atoms with Crippen LogP contribution in [-0.2, 0) is 0 Å². The van der Waals surface area contributed by atoms with Gasteiger partial charge in [0.2, 0.25) is 5.89 Å². The third kappa shape index (κ3) is 3.14. The van der Waals surface area contributed by atoms with Crippen LogP contribution in [0.1, 0.15) is 18.1 Å². The summed E-state index contributed by atoms with van der Waals surface area (Å²) in [5.41, 5.74) is 11.3. The monoisotopic (exact) mass is 320 g/mol. The Hall–Kier alpha value is -2.13. The quantitative estimate of drug-likeness (QED) is 0.556. The van der Waals surface area contributed by atoms with Gasteiger partial charge in [-0.05, 0) is 18.4 Å². The number of nitrogens with zero attached hydrogens (tertiary/aromatic N) is 4. The first-order valence-corrected chi connectivity index (χ1v) is 7.81. The van der Waals surface area contributed by atoms with E-state index in [9.17, 15) is 0 Å². The summed E-state index contributed by atoms with van der Waals surface area (Å²) in [6.45, 7) is 1.93. The molecule has 7 nitrogen and oxygen atoms in total. The Morgan fingerprint density at radius 1 is 1.24 bits per heavy atom. The number of thiophene rings is 1. The molecule has 0 fully saturated rings. The molecule has 108 valence electrons. The maximum atomic E-state index is 5.67. The summed E-state index contributed by atoms with van der Waals surface area (Å²) >= 11 is 2.91. The molecule has 0 spiro atoms. The molecule has 0 aliphatic rings. The van der Waals surface area contributed by atoms with E-state index in [0.29, 0.717) is 28.6 Å². The molecule has 0 aliphatic carbocycles. The van der Waals surface area contributed by atoms with Crippen LogP contribution in [0.5, 0.6) is 0 Å². The summed E-state index contributed by atoms with van der Waals surface area (Å²) in [7, 11) is 0. The van der Waals surface area contributed by atoms with E-state index in [1.807, 2.05) is 24.4 Å². The fourth-order valence-electron chi connectivity index (χ4n) is 1.62. The first kappa shape index (κ1) is 13.8. The number of thioether (sulfide) groups is 1. The predicted molar refractivity (Wildman–Crippen MR) is 82.7 cm³/mol. The molecule has 21 heavy (non-hydrogen) atoms. The van der Waals surface area contributed by atoms with Gasteiger partial charge in [-0.3, -0.25) is 0 Å². The van der Waals surface area contributed by atoms with E-state index < -0.39 is 0 Å². The second-order valence-corrected chi connectivity index (χ2v) is 6.44. The molecule has 3 heterocycles. The molecule has 0 radical (unpaired) electrons. The number of rotatable bonds is 4. The summed E-state index contributed by atoms with van der Waals surface area (Å²) in [5.74, 6) is 1.69. The Morgan fingerprint density at radius 2 is 2.00 bits per heavy atom. The fraction of sp³-hybridized carbons (Fsp3) is 0.167. The van der Waals surface area contributed by atoms with E-state index in [-0.39, 0.29) is 5.25 Å². The van der Waals surface area contributed by atoms with Gasteiger partial charge in [0.15, 0.2) is 5.16 Å². The zero-order chi connectivity index (χ0) is 14.8. The number of hydrogen-bond acceptors (Lipinski definition) is 9. The van der Waals surface area contributed by atoms with Gasteiger partial charge in [-0.25, -0.2) is 9.97 Å². The Balaban J connectivity index is 1.77. The van der Waals surface area contributed by atoms with Crippen LogP contribution >= 0.6 is 23.1 Å². The van der Waals surface area contributed by atoms with Crippen molar-refractivity contribution in [3.63, 3.8) is 0 Å². The minimum Gasteiger partial charge on any atom is -0.419 e. The van der Waals surface area contributed by atoms with Crippen LogP contribution in [0.25, 0.3) is 10.8 Å². The molecule has 0 bridgehead atoms. The van der Waals surface area contributed by atoms with Crippen LogP contribution < -0.4 is 11.5 Å². The number of anilines is 2. The van der Waals surface area contributed by atoms with Gasteiger partial charge in [-0.1, -0.05) is 17.8 Å². The number of hydrogen-bond donors (Lipinski definition) is 2. The smallest absolute Gasteiger partial charge is 0.257 e. The highest BCUT2D eigenvalue weighted by molar-refractivity contribution is 7.99. The summed E-state index contributed by atoms with van der Waals surface area (Å²) < 4.78 is 5.67. The maximum Gasteiger partial charge on any atom is 0.257 e. The van der Waals surface area contributed by atoms with Crippen molar-refractivity contribution in [3.05, 3.63) is 29.5 Å². The van der Waals surface area contributed by atoms with Gasteiger partial charge in [0, 0.05) is 6.07 Å². The van der Waals surface area contributed by atoms with E-state index in [1.165, 1.54) is 17.8 Å². The summed E-state index contributed by atoms with van der Waals surface area (Å²) in [4.78, 5) is 9.18. The lowest BCUT2D eigenvalue weighted by atomic mass is 10.5. The Morgan fingerprint density at radius 3 is 2.67 bits per heavy atom. The molecule has 1 unspecified atom stereocenters. The highest BCUT2D eigenvalue weighted by Gasteiger charge is 2.18. The molecule has 0 aromatic carbocycles. The molecular weight excluding hydrogens is 308 g/mol. The van der Waals surface area contributed by atoms with Crippen LogP contribution in [0, 0.1) is 0 Å². The minimum absolute atomic E-state index is 0.104. The van der Waals surface area contributed by atoms with E-state index in [0.717, 1.165) is 4.88 Å². The Kier molecular flexibility index (Phi) is 3.76. The second kappa shape index (κ2) is 5.70. The van der Waals surface area contributed by atoms with Crippen molar-refractivity contribution in [1.29, 1.82) is 0 Å². The standard InChI is InChI=1S/C12H12N6OS2/c1-6(21-12-15-8(13)5-9(14)16-12)10-17-18-11(19-10)7-3-2-4-20-7/h2-6H,1H3,(H4,13,14,15,16). The third-order valence-electron chi connectivity index (χ3n) is 2.55. The van der Waals surface area contributed by atoms with Gasteiger partial charge in [0.25, 0.3) is 5.89 Å². The molecule has 3 rings (SSSR count). The largest absolute Gasteiger partial charge is 0.419 e. The molecule has 0 aliphatic heterocycles. The Bertz CT molecular complexity index is 722. The lowest BCUT2D eigenvalue weighted by Gasteiger charge is -2.06. The lowest BCUT2D eigenvalue weighted by molar-refractivity contribution is 0.510. The predicted octanol–water partition coefficient (Wildman–Crippen LogP) is 2.61. The molecule has 0 saturated carbocycles. The van der Waals surface area contributed by atoms with Crippen molar-refractivity contribution in [2.45, 2.75) is 17.3 Å². The van der Waals surface area contributed by atoms with Crippen molar-refractivity contribution in [3.8, 4) is 10.8 Å². The average Bonchev–Trinajstić information content (AvgIpc) is 3.09. The van der Waals surface area contributed by atoms with E-state index in [2.05, 4.69) is 20.2 Å². The van der Waals surface area contributed by atoms with E-state index >= 15 is 0 Å². The van der Waals surface area contributed by atoms with Crippen LogP contribution in [0.2, 0.25) is 0 Å². The third-order valence-corrected chi connectivity index (χ3v) is 4.35. The zero-order valence-electron chi connectivity index (χ0n) is 11.1. The SMILES string of the molecule is CC(Sc1nc(N)cc(N)n1)c1nnc(-c2cccs2)o1. The normalized spacial score (nSPS) is 12.4. The van der Waals surface area contributed by atoms with Gasteiger partial charge >= 0.3 is 0 Å². The lowest BCUT2D eigenvalue weighted by Crippen LogP contribution is -2.00. The highest BCUT2D eigenvalue weighted by atomic mass is 32.2. The summed E-state index contributed by atoms with van der Waals surface area (Å²) in [6, 6.07) is 5.38. The van der Waals surface area contributed by atoms with Crippen molar-refractivity contribution in [1.82, 2.24) is 20.2 Å². The molecule has 1 atom stereocenters. The molecular formula is C12H12N6OS2. The van der Waals surface area contributed by atoms with Crippen molar-refractivity contribution in [2.75, 3.05) is 11.5 Å². The highest BCUT2D eigenvalue weighted by Crippen LogP contribution is 2.34. The molecule has 4 N–H and O–H groups in total. The van der Waals surface area contributed by atoms with Gasteiger partial charge in [-0.2, -0.15) is 0 Å². The summed E-state index contributed by atoms with van der Waals surface area (Å²) in [5, 5.41) is 10.4. The van der Waals surface area contributed by atoms with E-state index in [1.54, 1.807) is 11.3 Å². The zero-order valence-corrected chi connectivity index (χ0v) is 12.7. The topological polar surface area (TPSA) is 117 Å². The van der Waals surface area contributed by atoms with Gasteiger partial charge < -0.3 is 15.9 Å². The van der Waals surface area contributed by atoms with Crippen molar-refractivity contribution in [2.24, 2.45) is 0 Å². The van der Waals surface area contributed by atoms with E-state index in [4.69, 9.17) is 15.9 Å². The molecule has 0 saturated heterocycles. The molecule has 3 aromatic rings. The van der Waals surface area contributed by atoms with Gasteiger partial charge in [-0.15, -0.1) is 21.5 Å². The average molecular weight is 320 g/mol. The number of nitrogens with two attached hydrogens (primary N) is 2. The van der Waals surface area contributed by atoms with Crippen LogP contribution in [0.15, 0.2) is 33.2 Å².